The summed E-state index contributed by atoms with van der Waals surface area (Å²) in [5, 5.41) is 12.8. The van der Waals surface area contributed by atoms with Gasteiger partial charge in [0, 0.05) is 25.5 Å². The normalized spacial score (nSPS) is 19.1. The van der Waals surface area contributed by atoms with Crippen molar-refractivity contribution < 1.29 is 9.90 Å². The number of hydrogen-bond acceptors (Lipinski definition) is 4. The number of carbonyl (C=O) groups is 1. The van der Waals surface area contributed by atoms with Crippen LogP contribution < -0.4 is 5.32 Å². The molecule has 2 rings (SSSR count). The van der Waals surface area contributed by atoms with Gasteiger partial charge in [-0.3, -0.25) is 9.78 Å². The molecule has 5 nitrogen and oxygen atoms in total. The summed E-state index contributed by atoms with van der Waals surface area (Å²) in [6.45, 7) is 3.66. The molecule has 0 saturated carbocycles. The molecule has 0 aromatic carbocycles. The number of aliphatic hydroxyl groups is 1. The molecule has 116 valence electrons. The number of rotatable bonds is 5. The van der Waals surface area contributed by atoms with Gasteiger partial charge in [-0.25, -0.2) is 0 Å². The van der Waals surface area contributed by atoms with E-state index in [2.05, 4.69) is 17.2 Å². The second-order valence-corrected chi connectivity index (χ2v) is 5.53. The van der Waals surface area contributed by atoms with E-state index in [1.807, 2.05) is 11.0 Å². The van der Waals surface area contributed by atoms with Gasteiger partial charge in [0.1, 0.15) is 0 Å². The van der Waals surface area contributed by atoms with E-state index >= 15 is 0 Å². The Morgan fingerprint density at radius 3 is 3.10 bits per heavy atom. The highest BCUT2D eigenvalue weighted by Crippen LogP contribution is 2.22. The number of nitrogens with zero attached hydrogens (tertiary/aromatic N) is 2. The smallest absolute Gasteiger partial charge is 0.257 e. The van der Waals surface area contributed by atoms with Crippen LogP contribution in [-0.4, -0.2) is 46.6 Å². The van der Waals surface area contributed by atoms with Crippen molar-refractivity contribution in [2.24, 2.45) is 0 Å². The van der Waals surface area contributed by atoms with E-state index in [4.69, 9.17) is 0 Å². The summed E-state index contributed by atoms with van der Waals surface area (Å²) in [6, 6.07) is 1.77. The monoisotopic (exact) mass is 291 g/mol. The van der Waals surface area contributed by atoms with Gasteiger partial charge >= 0.3 is 0 Å². The van der Waals surface area contributed by atoms with Gasteiger partial charge in [0.05, 0.1) is 23.9 Å². The second-order valence-electron chi connectivity index (χ2n) is 5.53. The third kappa shape index (κ3) is 3.94. The van der Waals surface area contributed by atoms with Gasteiger partial charge in [0.25, 0.3) is 5.91 Å². The number of likely N-dealkylation sites (tertiary alicyclic amines) is 1. The van der Waals surface area contributed by atoms with Gasteiger partial charge in [0.15, 0.2) is 0 Å². The first-order valence-corrected chi connectivity index (χ1v) is 7.87. The van der Waals surface area contributed by atoms with Gasteiger partial charge in [0.2, 0.25) is 0 Å². The van der Waals surface area contributed by atoms with Crippen molar-refractivity contribution in [3.05, 3.63) is 24.0 Å². The molecule has 0 radical (unpaired) electrons. The molecule has 1 atom stereocenters. The Labute approximate surface area is 126 Å². The molecular weight excluding hydrogens is 266 g/mol. The average Bonchev–Trinajstić information content (AvgIpc) is 2.77. The lowest BCUT2D eigenvalue weighted by Gasteiger charge is -2.29. The molecule has 5 heteroatoms. The molecule has 1 saturated heterocycles. The van der Waals surface area contributed by atoms with E-state index < -0.39 is 0 Å². The molecular formula is C16H25N3O2. The van der Waals surface area contributed by atoms with Gasteiger partial charge in [-0.05, 0) is 25.3 Å². The Morgan fingerprint density at radius 1 is 1.48 bits per heavy atom. The molecule has 21 heavy (non-hydrogen) atoms. The summed E-state index contributed by atoms with van der Waals surface area (Å²) in [5.41, 5.74) is 1.43. The Kier molecular flexibility index (Phi) is 5.99. The highest BCUT2D eigenvalue weighted by Gasteiger charge is 2.27. The van der Waals surface area contributed by atoms with Gasteiger partial charge in [-0.15, -0.1) is 0 Å². The topological polar surface area (TPSA) is 65.5 Å². The number of carbonyl (C=O) groups excluding carboxylic acids is 1. The highest BCUT2D eigenvalue weighted by molar-refractivity contribution is 5.99. The maximum absolute atomic E-state index is 12.8. The minimum absolute atomic E-state index is 0.0253. The molecule has 0 bridgehead atoms. The summed E-state index contributed by atoms with van der Waals surface area (Å²) >= 11 is 0. The van der Waals surface area contributed by atoms with Crippen LogP contribution in [0.5, 0.6) is 0 Å². The van der Waals surface area contributed by atoms with Crippen LogP contribution in [0.25, 0.3) is 0 Å². The Balaban J connectivity index is 2.21. The zero-order valence-electron chi connectivity index (χ0n) is 12.7. The molecule has 0 spiro atoms. The molecule has 1 aliphatic rings. The maximum atomic E-state index is 12.8. The van der Waals surface area contributed by atoms with Crippen molar-refractivity contribution in [2.45, 2.75) is 45.1 Å². The van der Waals surface area contributed by atoms with Crippen LogP contribution in [0, 0.1) is 0 Å². The first kappa shape index (κ1) is 15.8. The fraction of sp³-hybridized carbons (Fsp3) is 0.625. The molecule has 2 N–H and O–H groups in total. The van der Waals surface area contributed by atoms with Crippen LogP contribution in [0.2, 0.25) is 0 Å². The molecule has 1 aromatic rings. The van der Waals surface area contributed by atoms with Crippen LogP contribution in [0.1, 0.15) is 49.4 Å². The fourth-order valence-electron chi connectivity index (χ4n) is 2.77. The number of pyridine rings is 1. The lowest BCUT2D eigenvalue weighted by atomic mass is 10.1. The Bertz CT molecular complexity index is 465. The molecule has 1 aliphatic heterocycles. The number of hydrogen-bond donors (Lipinski definition) is 2. The predicted octanol–water partition coefficient (Wildman–Crippen LogP) is 2.28. The number of amides is 1. The lowest BCUT2D eigenvalue weighted by molar-refractivity contribution is 0.0600. The minimum Gasteiger partial charge on any atom is -0.394 e. The quantitative estimate of drug-likeness (QED) is 0.873. The van der Waals surface area contributed by atoms with Crippen molar-refractivity contribution in [3.8, 4) is 0 Å². The summed E-state index contributed by atoms with van der Waals surface area (Å²) in [6.07, 6.45) is 8.39. The number of aromatic nitrogens is 1. The van der Waals surface area contributed by atoms with Crippen molar-refractivity contribution in [2.75, 3.05) is 25.0 Å². The minimum atomic E-state index is -0.0702. The van der Waals surface area contributed by atoms with Crippen LogP contribution in [-0.2, 0) is 0 Å². The fourth-order valence-corrected chi connectivity index (χ4v) is 2.77. The van der Waals surface area contributed by atoms with Crippen LogP contribution in [0.15, 0.2) is 18.5 Å². The van der Waals surface area contributed by atoms with E-state index in [0.717, 1.165) is 44.3 Å². The summed E-state index contributed by atoms with van der Waals surface area (Å²) in [7, 11) is 0. The number of nitrogens with one attached hydrogen (secondary N) is 1. The van der Waals surface area contributed by atoms with Crippen molar-refractivity contribution in [1.82, 2.24) is 9.88 Å². The SMILES string of the molecule is CCCNc1ccncc1C(=O)N1CCCCCC1CO. The second kappa shape index (κ2) is 7.98. The van der Waals surface area contributed by atoms with E-state index in [1.165, 1.54) is 0 Å². The molecule has 2 heterocycles. The van der Waals surface area contributed by atoms with Crippen molar-refractivity contribution >= 4 is 11.6 Å². The van der Waals surface area contributed by atoms with Crippen LogP contribution in [0.3, 0.4) is 0 Å². The zero-order chi connectivity index (χ0) is 15.1. The Hall–Kier alpha value is -1.62. The van der Waals surface area contributed by atoms with E-state index in [0.29, 0.717) is 12.1 Å². The molecule has 1 amide bonds. The van der Waals surface area contributed by atoms with Crippen LogP contribution >= 0.6 is 0 Å². The van der Waals surface area contributed by atoms with E-state index in [9.17, 15) is 9.90 Å². The molecule has 1 fully saturated rings. The maximum Gasteiger partial charge on any atom is 0.257 e. The van der Waals surface area contributed by atoms with Crippen molar-refractivity contribution in [1.29, 1.82) is 0 Å². The summed E-state index contributed by atoms with van der Waals surface area (Å²) in [4.78, 5) is 18.8. The average molecular weight is 291 g/mol. The first-order chi connectivity index (χ1) is 10.3. The standard InChI is InChI=1S/C16H25N3O2/c1-2-8-18-15-7-9-17-11-14(15)16(21)19-10-5-3-4-6-13(19)12-20/h7,9,11,13,20H,2-6,8,10,12H2,1H3,(H,17,18). The third-order valence-corrected chi connectivity index (χ3v) is 3.97. The summed E-state index contributed by atoms with van der Waals surface area (Å²) < 4.78 is 0. The van der Waals surface area contributed by atoms with E-state index in [1.54, 1.807) is 12.4 Å². The van der Waals surface area contributed by atoms with Crippen LogP contribution in [0.4, 0.5) is 5.69 Å². The first-order valence-electron chi connectivity index (χ1n) is 7.87. The highest BCUT2D eigenvalue weighted by atomic mass is 16.3. The Morgan fingerprint density at radius 2 is 2.33 bits per heavy atom. The van der Waals surface area contributed by atoms with E-state index in [-0.39, 0.29) is 18.6 Å². The third-order valence-electron chi connectivity index (χ3n) is 3.97. The number of anilines is 1. The lowest BCUT2D eigenvalue weighted by Crippen LogP contribution is -2.42. The van der Waals surface area contributed by atoms with Gasteiger partial charge < -0.3 is 15.3 Å². The van der Waals surface area contributed by atoms with Gasteiger partial charge in [-0.2, -0.15) is 0 Å². The van der Waals surface area contributed by atoms with Crippen molar-refractivity contribution in [3.63, 3.8) is 0 Å². The zero-order valence-corrected chi connectivity index (χ0v) is 12.7. The number of aliphatic hydroxyl groups excluding tert-OH is 1. The largest absolute Gasteiger partial charge is 0.394 e. The molecule has 1 aromatic heterocycles. The summed E-state index contributed by atoms with van der Waals surface area (Å²) in [5.74, 6) is -0.0253. The van der Waals surface area contributed by atoms with Gasteiger partial charge in [-0.1, -0.05) is 19.8 Å². The molecule has 0 aliphatic carbocycles. The predicted molar refractivity (Wildman–Crippen MR) is 83.4 cm³/mol. The molecule has 1 unspecified atom stereocenters.